The number of unbranched alkanes of at least 4 members (excludes halogenated alkanes) is 2. The Morgan fingerprint density at radius 3 is 2.11 bits per heavy atom. The van der Waals surface area contributed by atoms with Gasteiger partial charge in [-0.15, -0.1) is 0 Å². The average Bonchev–Trinajstić information content (AvgIpc) is 2.42. The third kappa shape index (κ3) is 10.2. The van der Waals surface area contributed by atoms with Gasteiger partial charge in [0.1, 0.15) is 11.4 Å². The van der Waals surface area contributed by atoms with E-state index in [2.05, 4.69) is 18.8 Å². The first-order valence-corrected chi connectivity index (χ1v) is 11.2. The summed E-state index contributed by atoms with van der Waals surface area (Å²) in [6.45, 7) is 6.17. The van der Waals surface area contributed by atoms with Crippen molar-refractivity contribution in [2.45, 2.75) is 61.9 Å². The van der Waals surface area contributed by atoms with Gasteiger partial charge in [-0.3, -0.25) is 4.98 Å². The number of aryl methyl sites for hydroxylation is 1. The Balaban J connectivity index is 0.000000344. The number of pyridine rings is 1. The summed E-state index contributed by atoms with van der Waals surface area (Å²) in [5.74, 6) is 0.0492. The van der Waals surface area contributed by atoms with E-state index in [1.165, 1.54) is 31.7 Å². The summed E-state index contributed by atoms with van der Waals surface area (Å²) in [5.41, 5.74) is 1.13. The minimum Gasteiger partial charge on any atom is -0.506 e. The third-order valence-electron chi connectivity index (χ3n) is 2.65. The summed E-state index contributed by atoms with van der Waals surface area (Å²) in [6, 6.07) is 3.21. The maximum atomic E-state index is 9.01. The molecular formula is C15H27NO2Sn. The van der Waals surface area contributed by atoms with Crippen LogP contribution in [0, 0.1) is 6.92 Å². The van der Waals surface area contributed by atoms with Gasteiger partial charge < -0.3 is 10.2 Å². The Bertz CT molecular complexity index is 326. The van der Waals surface area contributed by atoms with E-state index in [9.17, 15) is 0 Å². The first-order chi connectivity index (χ1) is 9.15. The molecule has 1 aromatic heterocycles. The van der Waals surface area contributed by atoms with Crippen molar-refractivity contribution in [1.82, 2.24) is 4.98 Å². The van der Waals surface area contributed by atoms with E-state index < -0.39 is 0 Å². The van der Waals surface area contributed by atoms with Crippen LogP contribution in [0.1, 0.15) is 50.9 Å². The molecule has 108 valence electrons. The molecule has 0 spiro atoms. The van der Waals surface area contributed by atoms with E-state index in [1.54, 1.807) is 21.9 Å². The molecule has 0 bridgehead atoms. The molecule has 0 saturated heterocycles. The Labute approximate surface area is 127 Å². The standard InChI is InChI=1S/C7H9NO2.2C4H9.Sn/c1-5-2-3-7(10)6(4-9)8-5;2*1-3-4-2;/h2-3,9-10H,4H2,1H3;2*1,3-4H2,2H3;. The van der Waals surface area contributed by atoms with Gasteiger partial charge in [-0.1, -0.05) is 0 Å². The van der Waals surface area contributed by atoms with Crippen LogP contribution >= 0.6 is 0 Å². The summed E-state index contributed by atoms with van der Waals surface area (Å²) in [5, 5.41) is 17.6. The van der Waals surface area contributed by atoms with Crippen LogP contribution in [0.15, 0.2) is 12.1 Å². The van der Waals surface area contributed by atoms with Crippen LogP contribution in [-0.2, 0) is 6.61 Å². The second-order valence-electron chi connectivity index (χ2n) is 4.53. The minimum absolute atomic E-state index is 0.0492. The normalized spacial score (nSPS) is 9.89. The van der Waals surface area contributed by atoms with E-state index in [-0.39, 0.29) is 33.5 Å². The first kappa shape index (κ1) is 18.7. The number of nitrogens with zero attached hydrogens (tertiary/aromatic N) is 1. The van der Waals surface area contributed by atoms with Gasteiger partial charge in [-0.25, -0.2) is 0 Å². The number of aromatic hydroxyl groups is 1. The molecule has 0 aliphatic heterocycles. The van der Waals surface area contributed by atoms with Crippen LogP contribution in [0.4, 0.5) is 0 Å². The molecule has 0 aliphatic rings. The van der Waals surface area contributed by atoms with Gasteiger partial charge in [-0.2, -0.15) is 0 Å². The van der Waals surface area contributed by atoms with Gasteiger partial charge in [0, 0.05) is 5.69 Å². The molecule has 2 radical (unpaired) electrons. The van der Waals surface area contributed by atoms with E-state index in [0.717, 1.165) is 5.69 Å². The fraction of sp³-hybridized carbons (Fsp3) is 0.667. The number of aliphatic hydroxyl groups is 1. The molecule has 4 heteroatoms. The van der Waals surface area contributed by atoms with Crippen LogP contribution in [0.3, 0.4) is 0 Å². The van der Waals surface area contributed by atoms with Gasteiger partial charge in [-0.05, 0) is 19.1 Å². The molecule has 0 unspecified atom stereocenters. The summed E-state index contributed by atoms with van der Waals surface area (Å²) >= 11 is 0.149. The van der Waals surface area contributed by atoms with Crippen LogP contribution in [0.2, 0.25) is 8.87 Å². The average molecular weight is 372 g/mol. The van der Waals surface area contributed by atoms with Crippen LogP contribution in [0.5, 0.6) is 5.75 Å². The zero-order chi connectivity index (χ0) is 14.5. The van der Waals surface area contributed by atoms with Crippen LogP contribution in [-0.4, -0.2) is 36.3 Å². The molecule has 1 heterocycles. The maximum Gasteiger partial charge on any atom is 0.139 e. The fourth-order valence-electron chi connectivity index (χ4n) is 1.45. The van der Waals surface area contributed by atoms with Crippen molar-refractivity contribution in [2.75, 3.05) is 0 Å². The summed E-state index contributed by atoms with van der Waals surface area (Å²) in [6.07, 6.45) is 5.84. The Hall–Kier alpha value is -0.291. The molecule has 1 aromatic rings. The molecule has 3 nitrogen and oxygen atoms in total. The van der Waals surface area contributed by atoms with Crippen molar-refractivity contribution in [3.8, 4) is 5.75 Å². The third-order valence-corrected chi connectivity index (χ3v) is 6.69. The zero-order valence-electron chi connectivity index (χ0n) is 12.4. The monoisotopic (exact) mass is 373 g/mol. The van der Waals surface area contributed by atoms with E-state index >= 15 is 0 Å². The van der Waals surface area contributed by atoms with Gasteiger partial charge >= 0.3 is 69.5 Å². The predicted octanol–water partition coefficient (Wildman–Crippen LogP) is 3.72. The van der Waals surface area contributed by atoms with Crippen molar-refractivity contribution in [3.05, 3.63) is 23.5 Å². The van der Waals surface area contributed by atoms with Crippen molar-refractivity contribution in [3.63, 3.8) is 0 Å². The number of aliphatic hydroxyl groups excluding tert-OH is 1. The van der Waals surface area contributed by atoms with Gasteiger partial charge in [0.25, 0.3) is 0 Å². The molecule has 0 amide bonds. The topological polar surface area (TPSA) is 53.4 Å². The first-order valence-electron chi connectivity index (χ1n) is 7.12. The van der Waals surface area contributed by atoms with Crippen molar-refractivity contribution in [1.29, 1.82) is 0 Å². The van der Waals surface area contributed by atoms with Crippen molar-refractivity contribution < 1.29 is 10.2 Å². The number of aromatic nitrogens is 1. The fourth-order valence-corrected chi connectivity index (χ4v) is 5.61. The SMILES string of the molecule is CCC[CH2][Sn][CH2]CCC.Cc1ccc(O)c(CO)n1. The molecule has 0 fully saturated rings. The van der Waals surface area contributed by atoms with Gasteiger partial charge in [0.05, 0.1) is 6.61 Å². The number of hydrogen-bond acceptors (Lipinski definition) is 3. The Kier molecular flexibility index (Phi) is 12.5. The Morgan fingerprint density at radius 1 is 1.11 bits per heavy atom. The van der Waals surface area contributed by atoms with Gasteiger partial charge in [0.15, 0.2) is 0 Å². The molecule has 0 saturated carbocycles. The predicted molar refractivity (Wildman–Crippen MR) is 81.7 cm³/mol. The summed E-state index contributed by atoms with van der Waals surface area (Å²) in [7, 11) is 0. The summed E-state index contributed by atoms with van der Waals surface area (Å²) < 4.78 is 3.25. The number of rotatable bonds is 7. The molecule has 0 aliphatic carbocycles. The number of hydrogen-bond donors (Lipinski definition) is 2. The molecule has 1 rings (SSSR count). The van der Waals surface area contributed by atoms with Crippen molar-refractivity contribution >= 4 is 21.1 Å². The van der Waals surface area contributed by atoms with Crippen LogP contribution < -0.4 is 0 Å². The Morgan fingerprint density at radius 2 is 1.68 bits per heavy atom. The van der Waals surface area contributed by atoms with Crippen LogP contribution in [0.25, 0.3) is 0 Å². The van der Waals surface area contributed by atoms with Gasteiger partial charge in [0.2, 0.25) is 0 Å². The molecular weight excluding hydrogens is 345 g/mol. The molecule has 2 N–H and O–H groups in total. The second kappa shape index (κ2) is 12.7. The molecule has 0 aromatic carbocycles. The maximum absolute atomic E-state index is 9.01. The van der Waals surface area contributed by atoms with E-state index in [4.69, 9.17) is 10.2 Å². The molecule has 0 atom stereocenters. The molecule has 19 heavy (non-hydrogen) atoms. The second-order valence-corrected chi connectivity index (χ2v) is 8.81. The minimum atomic E-state index is -0.215. The largest absolute Gasteiger partial charge is 0.506 e. The van der Waals surface area contributed by atoms with E-state index in [0.29, 0.717) is 5.69 Å². The van der Waals surface area contributed by atoms with Crippen molar-refractivity contribution in [2.24, 2.45) is 0 Å². The van der Waals surface area contributed by atoms with E-state index in [1.807, 2.05) is 0 Å². The summed E-state index contributed by atoms with van der Waals surface area (Å²) in [4.78, 5) is 3.89. The zero-order valence-corrected chi connectivity index (χ0v) is 15.3. The quantitative estimate of drug-likeness (QED) is 0.567. The smallest absolute Gasteiger partial charge is 0.139 e.